The van der Waals surface area contributed by atoms with Crippen molar-refractivity contribution in [3.05, 3.63) is 32.4 Å². The van der Waals surface area contributed by atoms with E-state index in [9.17, 15) is 0 Å². The molecule has 0 aliphatic heterocycles. The van der Waals surface area contributed by atoms with Crippen LogP contribution in [0.2, 0.25) is 5.28 Å². The molecule has 0 bridgehead atoms. The van der Waals surface area contributed by atoms with Crippen LogP contribution in [0.15, 0.2) is 27.1 Å². The number of nitrogens with zero attached hydrogens (tertiary/aromatic N) is 3. The topological polar surface area (TPSA) is 59.9 Å². The van der Waals surface area contributed by atoms with Gasteiger partial charge in [0.15, 0.2) is 0 Å². The van der Waals surface area contributed by atoms with Crippen LogP contribution in [0.25, 0.3) is 0 Å². The first kappa shape index (κ1) is 14.5. The zero-order valence-corrected chi connectivity index (χ0v) is 13.8. The fraction of sp³-hybridized carbons (Fsp3) is 0.182. The predicted molar refractivity (Wildman–Crippen MR) is 81.1 cm³/mol. The molecule has 0 saturated carbocycles. The largest absolute Gasteiger partial charge is 0.464 e. The molecule has 0 saturated heterocycles. The van der Waals surface area contributed by atoms with E-state index in [1.54, 1.807) is 0 Å². The van der Waals surface area contributed by atoms with Crippen LogP contribution < -0.4 is 10.1 Å². The highest BCUT2D eigenvalue weighted by atomic mass is 79.9. The lowest BCUT2D eigenvalue weighted by Crippen LogP contribution is -2.04. The Morgan fingerprint density at radius 2 is 2.05 bits per heavy atom. The van der Waals surface area contributed by atoms with Gasteiger partial charge < -0.3 is 10.1 Å². The molecule has 0 spiro atoms. The molecule has 1 N–H and O–H groups in total. The van der Waals surface area contributed by atoms with Gasteiger partial charge in [-0.2, -0.15) is 15.0 Å². The summed E-state index contributed by atoms with van der Waals surface area (Å²) in [6.07, 6.45) is 0. The van der Waals surface area contributed by atoms with Gasteiger partial charge in [-0.1, -0.05) is 15.9 Å². The van der Waals surface area contributed by atoms with E-state index in [0.29, 0.717) is 12.6 Å². The fourth-order valence-corrected chi connectivity index (χ4v) is 2.59. The molecule has 0 atom stereocenters. The van der Waals surface area contributed by atoms with E-state index < -0.39 is 0 Å². The molecule has 2 aromatic rings. The minimum atomic E-state index is 0.0779. The van der Waals surface area contributed by atoms with Crippen LogP contribution in [-0.2, 0) is 0 Å². The Bertz CT molecular complexity index is 597. The molecule has 0 fully saturated rings. The molecule has 1 heterocycles. The summed E-state index contributed by atoms with van der Waals surface area (Å²) in [7, 11) is 0. The number of rotatable bonds is 4. The summed E-state index contributed by atoms with van der Waals surface area (Å²) < 4.78 is 7.05. The highest BCUT2D eigenvalue weighted by Crippen LogP contribution is 2.28. The number of hydrogen-bond acceptors (Lipinski definition) is 5. The summed E-state index contributed by atoms with van der Waals surface area (Å²) in [4.78, 5) is 12.0. The van der Waals surface area contributed by atoms with E-state index in [1.807, 2.05) is 25.1 Å². The van der Waals surface area contributed by atoms with Crippen molar-refractivity contribution in [2.24, 2.45) is 0 Å². The van der Waals surface area contributed by atoms with E-state index in [-0.39, 0.29) is 11.3 Å². The lowest BCUT2D eigenvalue weighted by molar-refractivity contribution is 0.312. The normalized spacial score (nSPS) is 10.3. The minimum absolute atomic E-state index is 0.0779. The first-order valence-electron chi connectivity index (χ1n) is 5.35. The fourth-order valence-electron chi connectivity index (χ4n) is 1.29. The molecule has 8 heteroatoms. The summed E-state index contributed by atoms with van der Waals surface area (Å²) in [5.74, 6) is 0.325. The van der Waals surface area contributed by atoms with Crippen LogP contribution >= 0.6 is 43.5 Å². The van der Waals surface area contributed by atoms with Gasteiger partial charge in [-0.05, 0) is 52.7 Å². The molecule has 0 radical (unpaired) electrons. The van der Waals surface area contributed by atoms with E-state index in [1.165, 1.54) is 0 Å². The summed E-state index contributed by atoms with van der Waals surface area (Å²) in [5.41, 5.74) is 0.813. The Labute approximate surface area is 132 Å². The molecular formula is C11H9Br2ClN4O. The monoisotopic (exact) mass is 406 g/mol. The van der Waals surface area contributed by atoms with Gasteiger partial charge in [-0.3, -0.25) is 0 Å². The van der Waals surface area contributed by atoms with Crippen LogP contribution in [0.1, 0.15) is 6.92 Å². The Kier molecular flexibility index (Phi) is 4.95. The first-order valence-corrected chi connectivity index (χ1v) is 7.31. The molecule has 1 aromatic carbocycles. The number of anilines is 2. The number of halogens is 3. The molecule has 5 nitrogen and oxygen atoms in total. The highest BCUT2D eigenvalue weighted by Gasteiger charge is 2.08. The number of ether oxygens (including phenoxy) is 1. The van der Waals surface area contributed by atoms with E-state index >= 15 is 0 Å². The maximum Gasteiger partial charge on any atom is 0.322 e. The van der Waals surface area contributed by atoms with Gasteiger partial charge in [0, 0.05) is 8.95 Å². The zero-order chi connectivity index (χ0) is 13.8. The quantitative estimate of drug-likeness (QED) is 0.822. The smallest absolute Gasteiger partial charge is 0.322 e. The average Bonchev–Trinajstić information content (AvgIpc) is 2.32. The van der Waals surface area contributed by atoms with Crippen LogP contribution in [0.5, 0.6) is 6.01 Å². The maximum absolute atomic E-state index is 5.82. The molecule has 1 aromatic heterocycles. The molecule has 0 unspecified atom stereocenters. The molecule has 2 rings (SSSR count). The summed E-state index contributed by atoms with van der Waals surface area (Å²) >= 11 is 12.6. The standard InChI is InChI=1S/C11H9Br2ClN4O/c1-2-19-11-17-9(14)16-10(18-11)15-8-4-3-6(12)5-7(8)13/h3-5H,2H2,1H3,(H,15,16,17,18). The summed E-state index contributed by atoms with van der Waals surface area (Å²) in [5, 5.41) is 3.12. The molecule has 100 valence electrons. The lowest BCUT2D eigenvalue weighted by Gasteiger charge is -2.08. The highest BCUT2D eigenvalue weighted by molar-refractivity contribution is 9.11. The van der Waals surface area contributed by atoms with Crippen molar-refractivity contribution in [2.45, 2.75) is 6.92 Å². The number of benzene rings is 1. The SMILES string of the molecule is CCOc1nc(Cl)nc(Nc2ccc(Br)cc2Br)n1. The van der Waals surface area contributed by atoms with Gasteiger partial charge in [-0.25, -0.2) is 0 Å². The second kappa shape index (κ2) is 6.49. The Morgan fingerprint density at radius 3 is 2.74 bits per heavy atom. The van der Waals surface area contributed by atoms with Gasteiger partial charge >= 0.3 is 6.01 Å². The molecule has 0 amide bonds. The second-order valence-corrected chi connectivity index (χ2v) is 5.50. The van der Waals surface area contributed by atoms with Gasteiger partial charge in [0.2, 0.25) is 11.2 Å². The van der Waals surface area contributed by atoms with Crippen molar-refractivity contribution in [2.75, 3.05) is 11.9 Å². The summed E-state index contributed by atoms with van der Waals surface area (Å²) in [6.45, 7) is 2.30. The molecular weight excluding hydrogens is 399 g/mol. The van der Waals surface area contributed by atoms with Crippen molar-refractivity contribution in [3.63, 3.8) is 0 Å². The Balaban J connectivity index is 2.27. The van der Waals surface area contributed by atoms with Crippen LogP contribution in [0, 0.1) is 0 Å². The maximum atomic E-state index is 5.82. The zero-order valence-electron chi connectivity index (χ0n) is 9.82. The van der Waals surface area contributed by atoms with Crippen LogP contribution in [-0.4, -0.2) is 21.6 Å². The van der Waals surface area contributed by atoms with E-state index in [0.717, 1.165) is 14.6 Å². The third kappa shape index (κ3) is 4.02. The first-order chi connectivity index (χ1) is 9.08. The third-order valence-corrected chi connectivity index (χ3v) is 3.36. The molecule has 19 heavy (non-hydrogen) atoms. The Morgan fingerprint density at radius 1 is 1.26 bits per heavy atom. The van der Waals surface area contributed by atoms with Gasteiger partial charge in [0.25, 0.3) is 0 Å². The van der Waals surface area contributed by atoms with Gasteiger partial charge in [0.1, 0.15) is 0 Å². The van der Waals surface area contributed by atoms with Crippen LogP contribution in [0.4, 0.5) is 11.6 Å². The predicted octanol–water partition coefficient (Wildman–Crippen LogP) is 4.19. The van der Waals surface area contributed by atoms with Crippen molar-refractivity contribution >= 4 is 55.1 Å². The summed E-state index contributed by atoms with van der Waals surface area (Å²) in [6, 6.07) is 5.89. The van der Waals surface area contributed by atoms with Crippen molar-refractivity contribution in [1.29, 1.82) is 0 Å². The van der Waals surface area contributed by atoms with Gasteiger partial charge in [-0.15, -0.1) is 0 Å². The number of hydrogen-bond donors (Lipinski definition) is 1. The molecule has 0 aliphatic rings. The van der Waals surface area contributed by atoms with Crippen molar-refractivity contribution in [1.82, 2.24) is 15.0 Å². The average molecular weight is 408 g/mol. The minimum Gasteiger partial charge on any atom is -0.464 e. The number of aromatic nitrogens is 3. The van der Waals surface area contributed by atoms with Crippen molar-refractivity contribution in [3.8, 4) is 6.01 Å². The Hall–Kier alpha value is -0.920. The molecule has 0 aliphatic carbocycles. The third-order valence-electron chi connectivity index (χ3n) is 2.04. The lowest BCUT2D eigenvalue weighted by atomic mass is 10.3. The number of nitrogens with one attached hydrogen (secondary N) is 1. The van der Waals surface area contributed by atoms with E-state index in [2.05, 4.69) is 52.1 Å². The van der Waals surface area contributed by atoms with E-state index in [4.69, 9.17) is 16.3 Å². The second-order valence-electron chi connectivity index (χ2n) is 3.39. The van der Waals surface area contributed by atoms with Gasteiger partial charge in [0.05, 0.1) is 12.3 Å². The van der Waals surface area contributed by atoms with Crippen molar-refractivity contribution < 1.29 is 4.74 Å². The van der Waals surface area contributed by atoms with Crippen LogP contribution in [0.3, 0.4) is 0 Å².